The van der Waals surface area contributed by atoms with E-state index in [2.05, 4.69) is 0 Å². The van der Waals surface area contributed by atoms with Crippen molar-refractivity contribution >= 4 is 27.6 Å². The van der Waals surface area contributed by atoms with Gasteiger partial charge in [-0.15, -0.1) is 0 Å². The minimum atomic E-state index is -4.63. The summed E-state index contributed by atoms with van der Waals surface area (Å²) in [6.45, 7) is 0.112. The van der Waals surface area contributed by atoms with Crippen molar-refractivity contribution in [3.05, 3.63) is 70.4 Å². The third kappa shape index (κ3) is 6.27. The summed E-state index contributed by atoms with van der Waals surface area (Å²) in [5.41, 5.74) is 3.28. The Labute approximate surface area is 241 Å². The molecule has 12 heteroatoms. The van der Waals surface area contributed by atoms with Gasteiger partial charge < -0.3 is 18.8 Å². The van der Waals surface area contributed by atoms with Crippen LogP contribution in [0.25, 0.3) is 16.9 Å². The van der Waals surface area contributed by atoms with Gasteiger partial charge in [-0.3, -0.25) is 4.79 Å². The lowest BCUT2D eigenvalue weighted by Crippen LogP contribution is -2.45. The molecule has 0 radical (unpaired) electrons. The maximum Gasteiger partial charge on any atom is 0.390 e. The molecule has 1 amide bonds. The molecule has 1 saturated carbocycles. The topological polar surface area (TPSA) is 88.8 Å². The van der Waals surface area contributed by atoms with E-state index in [0.29, 0.717) is 46.1 Å². The first kappa shape index (κ1) is 29.5. The average Bonchev–Trinajstić information content (AvgIpc) is 3.28. The summed E-state index contributed by atoms with van der Waals surface area (Å²) in [6.07, 6.45) is -0.413. The second-order valence-corrected chi connectivity index (χ2v) is 12.5. The Kier molecular flexibility index (Phi) is 8.41. The first-order chi connectivity index (χ1) is 19.5. The van der Waals surface area contributed by atoms with Gasteiger partial charge in [0.05, 0.1) is 40.7 Å². The Hall–Kier alpha value is -3.02. The van der Waals surface area contributed by atoms with Crippen LogP contribution in [0.2, 0.25) is 5.02 Å². The van der Waals surface area contributed by atoms with Gasteiger partial charge in [0.25, 0.3) is 5.91 Å². The number of rotatable bonds is 8. The summed E-state index contributed by atoms with van der Waals surface area (Å²) in [4.78, 5) is 15.9. The van der Waals surface area contributed by atoms with Gasteiger partial charge in [-0.05, 0) is 54.8 Å². The van der Waals surface area contributed by atoms with Crippen LogP contribution >= 0.6 is 11.6 Å². The molecule has 0 saturated heterocycles. The predicted molar refractivity (Wildman–Crippen MR) is 149 cm³/mol. The van der Waals surface area contributed by atoms with Crippen molar-refractivity contribution in [2.75, 3.05) is 12.3 Å². The number of aliphatic hydroxyl groups is 1. The lowest BCUT2D eigenvalue weighted by Gasteiger charge is -2.37. The lowest BCUT2D eigenvalue weighted by atomic mass is 9.91. The zero-order valence-electron chi connectivity index (χ0n) is 22.2. The predicted octanol–water partition coefficient (Wildman–Crippen LogP) is 6.28. The van der Waals surface area contributed by atoms with Crippen molar-refractivity contribution in [3.63, 3.8) is 0 Å². The number of nitrogens with zero attached hydrogens (tertiary/aromatic N) is 2. The molecule has 1 N–H and O–H groups in total. The minimum absolute atomic E-state index is 0.134. The summed E-state index contributed by atoms with van der Waals surface area (Å²) in [5.74, 6) is -1.49. The van der Waals surface area contributed by atoms with E-state index in [1.54, 1.807) is 24.3 Å². The zero-order chi connectivity index (χ0) is 29.4. The van der Waals surface area contributed by atoms with Crippen LogP contribution in [0.1, 0.15) is 60.1 Å². The van der Waals surface area contributed by atoms with Crippen molar-refractivity contribution in [1.82, 2.24) is 9.47 Å². The fourth-order valence-corrected chi connectivity index (χ4v) is 7.02. The molecule has 5 rings (SSSR count). The standard InChI is InChI=1S/C29H30ClF3N2O5S/c30-23-8-4-5-9-24(23)35-25-14-16-34(20-6-2-1-3-7-20)28(37)26(25)22(18-36)27(35)19-10-12-21(13-11-19)40-41(38,39)17-15-29(31,32)33/h4-5,8-13,20,36H,1-3,6-7,14-18H2. The lowest BCUT2D eigenvalue weighted by molar-refractivity contribution is -0.130. The van der Waals surface area contributed by atoms with Crippen LogP contribution in [0.3, 0.4) is 0 Å². The Morgan fingerprint density at radius 1 is 1.02 bits per heavy atom. The van der Waals surface area contributed by atoms with Crippen LogP contribution in [0.4, 0.5) is 13.2 Å². The van der Waals surface area contributed by atoms with Gasteiger partial charge in [0.1, 0.15) is 5.75 Å². The average molecular weight is 611 g/mol. The molecule has 1 aliphatic carbocycles. The van der Waals surface area contributed by atoms with Gasteiger partial charge in [-0.1, -0.05) is 43.0 Å². The number of hydrogen-bond donors (Lipinski definition) is 1. The Morgan fingerprint density at radius 3 is 2.34 bits per heavy atom. The number of benzene rings is 2. The van der Waals surface area contributed by atoms with Gasteiger partial charge >= 0.3 is 16.3 Å². The molecular formula is C29H30ClF3N2O5S. The molecule has 220 valence electrons. The highest BCUT2D eigenvalue weighted by Gasteiger charge is 2.37. The van der Waals surface area contributed by atoms with Crippen molar-refractivity contribution < 1.29 is 35.7 Å². The number of aliphatic hydroxyl groups excluding tert-OH is 1. The Balaban J connectivity index is 1.56. The molecule has 2 heterocycles. The summed E-state index contributed by atoms with van der Waals surface area (Å²) in [5, 5.41) is 11.0. The maximum atomic E-state index is 14.0. The fourth-order valence-electron chi connectivity index (χ4n) is 5.83. The van der Waals surface area contributed by atoms with E-state index in [1.165, 1.54) is 12.1 Å². The van der Waals surface area contributed by atoms with Gasteiger partial charge in [0, 0.05) is 30.3 Å². The van der Waals surface area contributed by atoms with E-state index in [0.717, 1.165) is 37.8 Å². The number of halogens is 4. The quantitative estimate of drug-likeness (QED) is 0.303. The van der Waals surface area contributed by atoms with E-state index >= 15 is 0 Å². The highest BCUT2D eigenvalue weighted by atomic mass is 35.5. The molecule has 0 bridgehead atoms. The normalized spacial score (nSPS) is 16.6. The van der Waals surface area contributed by atoms with E-state index in [-0.39, 0.29) is 17.7 Å². The van der Waals surface area contributed by atoms with Crippen molar-refractivity contribution in [2.24, 2.45) is 0 Å². The smallest absolute Gasteiger partial charge is 0.390 e. The van der Waals surface area contributed by atoms with Gasteiger partial charge in [0.2, 0.25) is 0 Å². The van der Waals surface area contributed by atoms with Gasteiger partial charge in [-0.2, -0.15) is 21.6 Å². The van der Waals surface area contributed by atoms with Crippen molar-refractivity contribution in [1.29, 1.82) is 0 Å². The third-order valence-electron chi connectivity index (χ3n) is 7.69. The van der Waals surface area contributed by atoms with Crippen molar-refractivity contribution in [2.45, 2.75) is 63.8 Å². The summed E-state index contributed by atoms with van der Waals surface area (Å²) in [7, 11) is -4.47. The first-order valence-electron chi connectivity index (χ1n) is 13.5. The van der Waals surface area contributed by atoms with Crippen LogP contribution in [-0.2, 0) is 23.1 Å². The molecule has 2 aliphatic rings. The number of amides is 1. The van der Waals surface area contributed by atoms with Gasteiger partial charge in [-0.25, -0.2) is 0 Å². The fraction of sp³-hybridized carbons (Fsp3) is 0.414. The largest absolute Gasteiger partial charge is 0.392 e. The number of carbonyl (C=O) groups excluding carboxylic acids is 1. The molecule has 3 aromatic rings. The Bertz CT molecular complexity index is 1530. The second kappa shape index (κ2) is 11.7. The summed E-state index contributed by atoms with van der Waals surface area (Å²) in [6, 6.07) is 13.1. The number of para-hydroxylation sites is 1. The van der Waals surface area contributed by atoms with E-state index in [9.17, 15) is 31.5 Å². The third-order valence-corrected chi connectivity index (χ3v) is 9.16. The summed E-state index contributed by atoms with van der Waals surface area (Å²) < 4.78 is 68.5. The molecule has 0 atom stereocenters. The first-order valence-corrected chi connectivity index (χ1v) is 15.5. The Morgan fingerprint density at radius 2 is 1.71 bits per heavy atom. The van der Waals surface area contributed by atoms with E-state index in [4.69, 9.17) is 15.8 Å². The summed E-state index contributed by atoms with van der Waals surface area (Å²) >= 11 is 6.61. The zero-order valence-corrected chi connectivity index (χ0v) is 23.7. The highest BCUT2D eigenvalue weighted by Crippen LogP contribution is 2.41. The van der Waals surface area contributed by atoms with Crippen LogP contribution < -0.4 is 4.18 Å². The molecule has 41 heavy (non-hydrogen) atoms. The van der Waals surface area contributed by atoms with E-state index in [1.807, 2.05) is 21.6 Å². The number of hydrogen-bond acceptors (Lipinski definition) is 5. The molecule has 7 nitrogen and oxygen atoms in total. The van der Waals surface area contributed by atoms with E-state index < -0.39 is 35.1 Å². The molecule has 1 aliphatic heterocycles. The molecule has 1 aromatic heterocycles. The minimum Gasteiger partial charge on any atom is -0.392 e. The van der Waals surface area contributed by atoms with Crippen LogP contribution in [0, 0.1) is 0 Å². The second-order valence-electron chi connectivity index (χ2n) is 10.4. The van der Waals surface area contributed by atoms with Crippen LogP contribution in [-0.4, -0.2) is 53.4 Å². The molecule has 2 aromatic carbocycles. The molecule has 0 unspecified atom stereocenters. The molecule has 0 spiro atoms. The monoisotopic (exact) mass is 610 g/mol. The number of carbonyl (C=O) groups is 1. The number of alkyl halides is 3. The van der Waals surface area contributed by atoms with Crippen LogP contribution in [0.5, 0.6) is 5.75 Å². The molecular weight excluding hydrogens is 581 g/mol. The van der Waals surface area contributed by atoms with Gasteiger partial charge in [0.15, 0.2) is 0 Å². The maximum absolute atomic E-state index is 14.0. The SMILES string of the molecule is O=C1c2c(CO)c(-c3ccc(OS(=O)(=O)CCC(F)(F)F)cc3)n(-c3ccccc3Cl)c2CCN1C1CCCCC1. The highest BCUT2D eigenvalue weighted by molar-refractivity contribution is 7.87. The number of aromatic nitrogens is 1. The molecule has 1 fully saturated rings. The van der Waals surface area contributed by atoms with Crippen molar-refractivity contribution in [3.8, 4) is 22.7 Å². The number of fused-ring (bicyclic) bond motifs is 1. The van der Waals surface area contributed by atoms with Crippen LogP contribution in [0.15, 0.2) is 48.5 Å².